The van der Waals surface area contributed by atoms with E-state index >= 15 is 0 Å². The van der Waals surface area contributed by atoms with Crippen LogP contribution in [0.2, 0.25) is 5.02 Å². The topological polar surface area (TPSA) is 29.3 Å². The number of halogens is 1. The Morgan fingerprint density at radius 1 is 1.50 bits per heavy atom. The van der Waals surface area contributed by atoms with Gasteiger partial charge in [0.15, 0.2) is 0 Å². The summed E-state index contributed by atoms with van der Waals surface area (Å²) in [5.74, 6) is 0.775. The highest BCUT2D eigenvalue weighted by molar-refractivity contribution is 6.30. The minimum atomic E-state index is 0.241. The van der Waals surface area contributed by atoms with Crippen molar-refractivity contribution in [3.8, 4) is 0 Å². The molecular weight excluding hydrogens is 244 g/mol. The monoisotopic (exact) mass is 266 g/mol. The molecule has 1 saturated heterocycles. The Labute approximate surface area is 115 Å². The van der Waals surface area contributed by atoms with Crippen LogP contribution in [0, 0.1) is 5.92 Å². The number of nitrogens with zero attached hydrogens (tertiary/aromatic N) is 1. The van der Waals surface area contributed by atoms with Crippen LogP contribution in [-0.4, -0.2) is 19.1 Å². The van der Waals surface area contributed by atoms with E-state index in [0.29, 0.717) is 0 Å². The SMILES string of the molecule is CCC(N)Cc1ccc(Cl)cc1N1CCC(C)C1. The first kappa shape index (κ1) is 13.7. The van der Waals surface area contributed by atoms with Gasteiger partial charge in [0.25, 0.3) is 0 Å². The largest absolute Gasteiger partial charge is 0.371 e. The normalized spacial score (nSPS) is 21.3. The first-order chi connectivity index (χ1) is 8.60. The predicted molar refractivity (Wildman–Crippen MR) is 79.4 cm³/mol. The smallest absolute Gasteiger partial charge is 0.0426 e. The Kier molecular flexibility index (Phi) is 4.52. The van der Waals surface area contributed by atoms with Gasteiger partial charge in [-0.15, -0.1) is 0 Å². The van der Waals surface area contributed by atoms with Crippen molar-refractivity contribution in [3.05, 3.63) is 28.8 Å². The molecular formula is C15H23ClN2. The molecule has 0 radical (unpaired) electrons. The molecule has 0 aromatic heterocycles. The van der Waals surface area contributed by atoms with Gasteiger partial charge in [0, 0.05) is 29.8 Å². The first-order valence-electron chi connectivity index (χ1n) is 6.89. The van der Waals surface area contributed by atoms with Crippen molar-refractivity contribution >= 4 is 17.3 Å². The average molecular weight is 267 g/mol. The second-order valence-corrected chi connectivity index (χ2v) is 5.92. The van der Waals surface area contributed by atoms with Crippen molar-refractivity contribution in [2.75, 3.05) is 18.0 Å². The molecule has 1 aromatic carbocycles. The molecule has 100 valence electrons. The van der Waals surface area contributed by atoms with Crippen LogP contribution in [0.4, 0.5) is 5.69 Å². The highest BCUT2D eigenvalue weighted by atomic mass is 35.5. The van der Waals surface area contributed by atoms with Gasteiger partial charge in [-0.25, -0.2) is 0 Å². The van der Waals surface area contributed by atoms with Crippen LogP contribution in [0.3, 0.4) is 0 Å². The summed E-state index contributed by atoms with van der Waals surface area (Å²) in [5, 5.41) is 0.818. The van der Waals surface area contributed by atoms with Crippen LogP contribution in [0.5, 0.6) is 0 Å². The third kappa shape index (κ3) is 3.18. The summed E-state index contributed by atoms with van der Waals surface area (Å²) in [6, 6.07) is 6.44. The lowest BCUT2D eigenvalue weighted by Crippen LogP contribution is -2.25. The van der Waals surface area contributed by atoms with E-state index in [0.717, 1.165) is 36.9 Å². The van der Waals surface area contributed by atoms with Gasteiger partial charge >= 0.3 is 0 Å². The maximum absolute atomic E-state index is 6.14. The summed E-state index contributed by atoms with van der Waals surface area (Å²) in [4.78, 5) is 2.45. The maximum Gasteiger partial charge on any atom is 0.0426 e. The molecule has 2 N–H and O–H groups in total. The lowest BCUT2D eigenvalue weighted by atomic mass is 10.0. The molecule has 2 unspecified atom stereocenters. The number of hydrogen-bond acceptors (Lipinski definition) is 2. The number of nitrogens with two attached hydrogens (primary N) is 1. The molecule has 0 saturated carbocycles. The van der Waals surface area contributed by atoms with Crippen LogP contribution >= 0.6 is 11.6 Å². The highest BCUT2D eigenvalue weighted by Gasteiger charge is 2.21. The first-order valence-corrected chi connectivity index (χ1v) is 7.27. The highest BCUT2D eigenvalue weighted by Crippen LogP contribution is 2.30. The quantitative estimate of drug-likeness (QED) is 0.904. The Bertz CT molecular complexity index is 405. The number of anilines is 1. The van der Waals surface area contributed by atoms with E-state index < -0.39 is 0 Å². The van der Waals surface area contributed by atoms with Crippen LogP contribution < -0.4 is 10.6 Å². The van der Waals surface area contributed by atoms with E-state index in [9.17, 15) is 0 Å². The molecule has 2 rings (SSSR count). The number of rotatable bonds is 4. The van der Waals surface area contributed by atoms with Crippen molar-refractivity contribution in [1.82, 2.24) is 0 Å². The molecule has 0 aliphatic carbocycles. The van der Waals surface area contributed by atoms with Crippen LogP contribution in [0.15, 0.2) is 18.2 Å². The Balaban J connectivity index is 2.23. The van der Waals surface area contributed by atoms with Gasteiger partial charge in [0.05, 0.1) is 0 Å². The van der Waals surface area contributed by atoms with E-state index in [-0.39, 0.29) is 6.04 Å². The van der Waals surface area contributed by atoms with Crippen molar-refractivity contribution in [3.63, 3.8) is 0 Å². The molecule has 0 amide bonds. The molecule has 18 heavy (non-hydrogen) atoms. The van der Waals surface area contributed by atoms with E-state index in [2.05, 4.69) is 30.9 Å². The number of hydrogen-bond donors (Lipinski definition) is 1. The van der Waals surface area contributed by atoms with E-state index in [1.165, 1.54) is 17.7 Å². The number of benzene rings is 1. The molecule has 1 heterocycles. The van der Waals surface area contributed by atoms with Gasteiger partial charge in [-0.1, -0.05) is 31.5 Å². The fraction of sp³-hybridized carbons (Fsp3) is 0.600. The second kappa shape index (κ2) is 5.94. The van der Waals surface area contributed by atoms with Crippen molar-refractivity contribution in [2.24, 2.45) is 11.7 Å². The van der Waals surface area contributed by atoms with Crippen molar-refractivity contribution in [1.29, 1.82) is 0 Å². The summed E-state index contributed by atoms with van der Waals surface area (Å²) in [6.07, 6.45) is 3.22. The van der Waals surface area contributed by atoms with Gasteiger partial charge in [-0.05, 0) is 42.9 Å². The lowest BCUT2D eigenvalue weighted by Gasteiger charge is -2.23. The van der Waals surface area contributed by atoms with E-state index in [1.54, 1.807) is 0 Å². The molecule has 1 fully saturated rings. The fourth-order valence-corrected chi connectivity index (χ4v) is 2.75. The zero-order valence-electron chi connectivity index (χ0n) is 11.3. The Hall–Kier alpha value is -0.730. The summed E-state index contributed by atoms with van der Waals surface area (Å²) < 4.78 is 0. The zero-order valence-corrected chi connectivity index (χ0v) is 12.1. The van der Waals surface area contributed by atoms with E-state index in [4.69, 9.17) is 17.3 Å². The Morgan fingerprint density at radius 3 is 2.89 bits per heavy atom. The summed E-state index contributed by atoms with van der Waals surface area (Å²) in [7, 11) is 0. The van der Waals surface area contributed by atoms with Gasteiger partial charge in [-0.3, -0.25) is 0 Å². The molecule has 0 bridgehead atoms. The van der Waals surface area contributed by atoms with Gasteiger partial charge < -0.3 is 10.6 Å². The third-order valence-corrected chi connectivity index (χ3v) is 4.05. The van der Waals surface area contributed by atoms with Crippen LogP contribution in [-0.2, 0) is 6.42 Å². The molecule has 1 aromatic rings. The molecule has 3 heteroatoms. The van der Waals surface area contributed by atoms with Crippen molar-refractivity contribution < 1.29 is 0 Å². The third-order valence-electron chi connectivity index (χ3n) is 3.82. The summed E-state index contributed by atoms with van der Waals surface area (Å²) in [6.45, 7) is 6.71. The molecule has 1 aliphatic heterocycles. The molecule has 0 spiro atoms. The maximum atomic E-state index is 6.14. The molecule has 2 atom stereocenters. The minimum absolute atomic E-state index is 0.241. The summed E-state index contributed by atoms with van der Waals surface area (Å²) >= 11 is 6.14. The fourth-order valence-electron chi connectivity index (χ4n) is 2.58. The second-order valence-electron chi connectivity index (χ2n) is 5.49. The summed E-state index contributed by atoms with van der Waals surface area (Å²) in [5.41, 5.74) is 8.71. The standard InChI is InChI=1S/C15H23ClN2/c1-3-14(17)8-12-4-5-13(16)9-15(12)18-7-6-11(2)10-18/h4-5,9,11,14H,3,6-8,10,17H2,1-2H3. The van der Waals surface area contributed by atoms with Crippen LogP contribution in [0.1, 0.15) is 32.3 Å². The minimum Gasteiger partial charge on any atom is -0.371 e. The average Bonchev–Trinajstić information content (AvgIpc) is 2.78. The Morgan fingerprint density at radius 2 is 2.28 bits per heavy atom. The molecule has 2 nitrogen and oxygen atoms in total. The van der Waals surface area contributed by atoms with Gasteiger partial charge in [-0.2, -0.15) is 0 Å². The van der Waals surface area contributed by atoms with Crippen molar-refractivity contribution in [2.45, 2.75) is 39.2 Å². The zero-order chi connectivity index (χ0) is 13.1. The predicted octanol–water partition coefficient (Wildman–Crippen LogP) is 3.47. The van der Waals surface area contributed by atoms with Gasteiger partial charge in [0.2, 0.25) is 0 Å². The molecule has 1 aliphatic rings. The lowest BCUT2D eigenvalue weighted by molar-refractivity contribution is 0.643. The van der Waals surface area contributed by atoms with Crippen LogP contribution in [0.25, 0.3) is 0 Å². The van der Waals surface area contributed by atoms with Gasteiger partial charge in [0.1, 0.15) is 0 Å². The van der Waals surface area contributed by atoms with E-state index in [1.807, 2.05) is 6.07 Å².